The number of alkyl halides is 3. The van der Waals surface area contributed by atoms with Crippen LogP contribution in [0.15, 0.2) is 36.5 Å². The van der Waals surface area contributed by atoms with E-state index in [1.807, 2.05) is 0 Å². The Morgan fingerprint density at radius 1 is 1.24 bits per heavy atom. The zero-order valence-electron chi connectivity index (χ0n) is 17.6. The summed E-state index contributed by atoms with van der Waals surface area (Å²) in [5.74, 6) is -1.62. The van der Waals surface area contributed by atoms with E-state index in [1.165, 1.54) is 35.4 Å². The summed E-state index contributed by atoms with van der Waals surface area (Å²) in [6.45, 7) is 2.31. The average Bonchev–Trinajstić information content (AvgIpc) is 3.07. The van der Waals surface area contributed by atoms with Crippen molar-refractivity contribution in [1.82, 2.24) is 19.8 Å². The molecule has 0 spiro atoms. The van der Waals surface area contributed by atoms with Gasteiger partial charge in [-0.25, -0.2) is 9.37 Å². The number of amides is 2. The van der Waals surface area contributed by atoms with Crippen molar-refractivity contribution in [3.8, 4) is 11.1 Å². The maximum Gasteiger partial charge on any atom is 0.406 e. The van der Waals surface area contributed by atoms with Gasteiger partial charge >= 0.3 is 6.18 Å². The summed E-state index contributed by atoms with van der Waals surface area (Å²) in [6, 6.07) is 6.80. The Labute approximate surface area is 191 Å². The zero-order chi connectivity index (χ0) is 24.1. The number of piperazine rings is 1. The van der Waals surface area contributed by atoms with Crippen molar-refractivity contribution in [3.05, 3.63) is 53.1 Å². The third-order valence-electron chi connectivity index (χ3n) is 5.62. The van der Waals surface area contributed by atoms with Gasteiger partial charge in [0.1, 0.15) is 29.2 Å². The molecule has 1 aliphatic rings. The lowest BCUT2D eigenvalue weighted by molar-refractivity contribution is -0.140. The predicted molar refractivity (Wildman–Crippen MR) is 114 cm³/mol. The van der Waals surface area contributed by atoms with E-state index >= 15 is 0 Å². The lowest BCUT2D eigenvalue weighted by atomic mass is 9.98. The highest BCUT2D eigenvalue weighted by Gasteiger charge is 2.41. The monoisotopic (exact) mass is 482 g/mol. The third-order valence-corrected chi connectivity index (χ3v) is 5.92. The van der Waals surface area contributed by atoms with E-state index in [0.29, 0.717) is 16.5 Å². The molecule has 1 fully saturated rings. The Balaban J connectivity index is 1.83. The first kappa shape index (κ1) is 23.0. The maximum absolute atomic E-state index is 14.0. The highest BCUT2D eigenvalue weighted by Crippen LogP contribution is 2.34. The molecule has 0 atom stereocenters. The molecular weight excluding hydrogens is 464 g/mol. The standard InChI is InChI=1S/C22H19ClF4N4O2/c1-21(2)20(33)28-7-8-31(21)19(32)17-6-4-13-14(12-3-5-15(23)16(24)9-12)10-30(18(13)29-17)11-22(25,26)27/h3-6,9-10H,7-8,11H2,1-2H3,(H,28,33). The van der Waals surface area contributed by atoms with Crippen LogP contribution in [0.25, 0.3) is 22.2 Å². The number of carbonyl (C=O) groups is 2. The van der Waals surface area contributed by atoms with Crippen molar-refractivity contribution in [3.63, 3.8) is 0 Å². The zero-order valence-corrected chi connectivity index (χ0v) is 18.4. The Bertz CT molecular complexity index is 1270. The van der Waals surface area contributed by atoms with Crippen LogP contribution in [-0.2, 0) is 11.3 Å². The molecule has 1 aliphatic heterocycles. The number of nitrogens with zero attached hydrogens (tertiary/aromatic N) is 3. The highest BCUT2D eigenvalue weighted by molar-refractivity contribution is 6.30. The second-order valence-corrected chi connectivity index (χ2v) is 8.66. The quantitative estimate of drug-likeness (QED) is 0.562. The van der Waals surface area contributed by atoms with Crippen LogP contribution in [0.1, 0.15) is 24.3 Å². The molecule has 3 heterocycles. The fourth-order valence-electron chi connectivity index (χ4n) is 3.88. The van der Waals surface area contributed by atoms with Crippen LogP contribution in [-0.4, -0.2) is 51.1 Å². The van der Waals surface area contributed by atoms with Gasteiger partial charge in [0.05, 0.1) is 5.02 Å². The number of benzene rings is 1. The van der Waals surface area contributed by atoms with Crippen LogP contribution in [0.2, 0.25) is 5.02 Å². The predicted octanol–water partition coefficient (Wildman–Crippen LogP) is 4.41. The van der Waals surface area contributed by atoms with Gasteiger partial charge in [-0.2, -0.15) is 13.2 Å². The van der Waals surface area contributed by atoms with E-state index in [2.05, 4.69) is 10.3 Å². The van der Waals surface area contributed by atoms with Gasteiger partial charge in [-0.05, 0) is 43.7 Å². The maximum atomic E-state index is 14.0. The summed E-state index contributed by atoms with van der Waals surface area (Å²) < 4.78 is 54.6. The third kappa shape index (κ3) is 4.27. The van der Waals surface area contributed by atoms with Gasteiger partial charge in [0.15, 0.2) is 0 Å². The number of rotatable bonds is 3. The van der Waals surface area contributed by atoms with Gasteiger partial charge in [0, 0.05) is 30.2 Å². The minimum Gasteiger partial charge on any atom is -0.352 e. The first-order valence-electron chi connectivity index (χ1n) is 10.0. The van der Waals surface area contributed by atoms with Gasteiger partial charge in [0.25, 0.3) is 5.91 Å². The molecule has 1 saturated heterocycles. The van der Waals surface area contributed by atoms with E-state index in [-0.39, 0.29) is 35.4 Å². The summed E-state index contributed by atoms with van der Waals surface area (Å²) in [4.78, 5) is 30.9. The molecule has 0 unspecified atom stereocenters. The molecular formula is C22H19ClF4N4O2. The lowest BCUT2D eigenvalue weighted by Gasteiger charge is -2.40. The van der Waals surface area contributed by atoms with Crippen LogP contribution < -0.4 is 5.32 Å². The van der Waals surface area contributed by atoms with E-state index in [4.69, 9.17) is 11.6 Å². The van der Waals surface area contributed by atoms with Crippen molar-refractivity contribution in [1.29, 1.82) is 0 Å². The molecule has 0 bridgehead atoms. The minimum atomic E-state index is -4.55. The molecule has 3 aromatic rings. The van der Waals surface area contributed by atoms with E-state index in [0.717, 1.165) is 10.6 Å². The van der Waals surface area contributed by atoms with Crippen LogP contribution >= 0.6 is 11.6 Å². The van der Waals surface area contributed by atoms with Gasteiger partial charge in [0.2, 0.25) is 5.91 Å². The number of aromatic nitrogens is 2. The number of fused-ring (bicyclic) bond motifs is 1. The molecule has 0 aliphatic carbocycles. The molecule has 4 rings (SSSR count). The van der Waals surface area contributed by atoms with Crippen LogP contribution in [0, 0.1) is 5.82 Å². The number of pyridine rings is 1. The summed E-state index contributed by atoms with van der Waals surface area (Å²) in [7, 11) is 0. The number of halogens is 5. The Hall–Kier alpha value is -3.14. The molecule has 11 heteroatoms. The van der Waals surface area contributed by atoms with E-state index in [9.17, 15) is 27.2 Å². The molecule has 33 heavy (non-hydrogen) atoms. The molecule has 0 saturated carbocycles. The van der Waals surface area contributed by atoms with Crippen molar-refractivity contribution in [2.24, 2.45) is 0 Å². The Kier molecular flexibility index (Phi) is 5.60. The van der Waals surface area contributed by atoms with Crippen molar-refractivity contribution < 1.29 is 27.2 Å². The Morgan fingerprint density at radius 2 is 1.97 bits per heavy atom. The average molecular weight is 483 g/mol. The highest BCUT2D eigenvalue weighted by atomic mass is 35.5. The van der Waals surface area contributed by atoms with Crippen LogP contribution in [0.4, 0.5) is 17.6 Å². The summed E-state index contributed by atoms with van der Waals surface area (Å²) in [5.41, 5.74) is -0.693. The Morgan fingerprint density at radius 3 is 2.64 bits per heavy atom. The second-order valence-electron chi connectivity index (χ2n) is 8.25. The summed E-state index contributed by atoms with van der Waals surface area (Å²) >= 11 is 5.73. The topological polar surface area (TPSA) is 67.2 Å². The summed E-state index contributed by atoms with van der Waals surface area (Å²) in [6.07, 6.45) is -3.33. The molecule has 6 nitrogen and oxygen atoms in total. The molecule has 2 aromatic heterocycles. The van der Waals surface area contributed by atoms with Gasteiger partial charge in [-0.3, -0.25) is 9.59 Å². The van der Waals surface area contributed by atoms with Crippen molar-refractivity contribution in [2.45, 2.75) is 32.1 Å². The largest absolute Gasteiger partial charge is 0.406 e. The van der Waals surface area contributed by atoms with Crippen LogP contribution in [0.3, 0.4) is 0 Å². The van der Waals surface area contributed by atoms with E-state index in [1.54, 1.807) is 13.8 Å². The minimum absolute atomic E-state index is 0.0807. The van der Waals surface area contributed by atoms with Gasteiger partial charge < -0.3 is 14.8 Å². The smallest absolute Gasteiger partial charge is 0.352 e. The number of carbonyl (C=O) groups excluding carboxylic acids is 2. The molecule has 1 aromatic carbocycles. The number of hydrogen-bond acceptors (Lipinski definition) is 3. The van der Waals surface area contributed by atoms with E-state index < -0.39 is 30.0 Å². The number of hydrogen-bond donors (Lipinski definition) is 1. The van der Waals surface area contributed by atoms with Gasteiger partial charge in [-0.1, -0.05) is 17.7 Å². The normalized spacial score (nSPS) is 16.2. The molecule has 1 N–H and O–H groups in total. The fraction of sp³-hybridized carbons (Fsp3) is 0.318. The summed E-state index contributed by atoms with van der Waals surface area (Å²) in [5, 5.41) is 2.88. The molecule has 2 amide bonds. The van der Waals surface area contributed by atoms with Crippen molar-refractivity contribution in [2.75, 3.05) is 13.1 Å². The molecule has 0 radical (unpaired) electrons. The first-order valence-corrected chi connectivity index (χ1v) is 10.4. The fourth-order valence-corrected chi connectivity index (χ4v) is 4.00. The molecule has 174 valence electrons. The SMILES string of the molecule is CC1(C)C(=O)NCCN1C(=O)c1ccc2c(-c3ccc(Cl)c(F)c3)cn(CC(F)(F)F)c2n1. The first-order chi connectivity index (χ1) is 15.4. The lowest BCUT2D eigenvalue weighted by Crippen LogP contribution is -2.63. The van der Waals surface area contributed by atoms with Crippen LogP contribution in [0.5, 0.6) is 0 Å². The second kappa shape index (κ2) is 8.02. The van der Waals surface area contributed by atoms with Crippen molar-refractivity contribution >= 4 is 34.4 Å². The number of nitrogens with one attached hydrogen (secondary N) is 1. The van der Waals surface area contributed by atoms with Gasteiger partial charge in [-0.15, -0.1) is 0 Å².